The molecule has 0 aliphatic carbocycles. The van der Waals surface area contributed by atoms with Crippen molar-refractivity contribution in [1.82, 2.24) is 5.32 Å². The highest BCUT2D eigenvalue weighted by Gasteiger charge is 2.23. The number of hydrogen-bond acceptors (Lipinski definition) is 3. The summed E-state index contributed by atoms with van der Waals surface area (Å²) in [6, 6.07) is -0.348. The number of methoxy groups -OCH3 is 1. The van der Waals surface area contributed by atoms with Crippen LogP contribution in [0.2, 0.25) is 0 Å². The summed E-state index contributed by atoms with van der Waals surface area (Å²) < 4.78 is 5.33. The molecule has 0 aromatic rings. The lowest BCUT2D eigenvalue weighted by Crippen LogP contribution is -2.47. The lowest BCUT2D eigenvalue weighted by Gasteiger charge is -2.27. The number of rotatable bonds is 7. The van der Waals surface area contributed by atoms with Gasteiger partial charge in [-0.3, -0.25) is 4.79 Å². The molecule has 17 heavy (non-hydrogen) atoms. The largest absolute Gasteiger partial charge is 0.379 e. The van der Waals surface area contributed by atoms with Crippen molar-refractivity contribution in [1.29, 1.82) is 0 Å². The summed E-state index contributed by atoms with van der Waals surface area (Å²) in [5.74, 6) is 0.361. The molecule has 0 saturated heterocycles. The highest BCUT2D eigenvalue weighted by atomic mass is 16.5. The van der Waals surface area contributed by atoms with Crippen LogP contribution in [0.4, 0.5) is 0 Å². The average molecular weight is 244 g/mol. The third-order valence-electron chi connectivity index (χ3n) is 2.80. The van der Waals surface area contributed by atoms with Gasteiger partial charge in [0.05, 0.1) is 11.6 Å². The summed E-state index contributed by atoms with van der Waals surface area (Å²) in [6.07, 6.45) is 1.48. The molecule has 0 rings (SSSR count). The Balaban J connectivity index is 4.12. The van der Waals surface area contributed by atoms with Crippen LogP contribution in [0.3, 0.4) is 0 Å². The van der Waals surface area contributed by atoms with Crippen molar-refractivity contribution in [2.24, 2.45) is 11.7 Å². The maximum atomic E-state index is 11.8. The van der Waals surface area contributed by atoms with Gasteiger partial charge in [-0.2, -0.15) is 0 Å². The van der Waals surface area contributed by atoms with E-state index in [1.165, 1.54) is 0 Å². The Labute approximate surface area is 105 Å². The molecule has 0 radical (unpaired) electrons. The van der Waals surface area contributed by atoms with Crippen LogP contribution in [0.25, 0.3) is 0 Å². The molecule has 0 aliphatic heterocycles. The molecule has 0 aromatic heterocycles. The molecule has 0 saturated carbocycles. The van der Waals surface area contributed by atoms with E-state index in [2.05, 4.69) is 19.2 Å². The van der Waals surface area contributed by atoms with E-state index in [-0.39, 0.29) is 17.6 Å². The fourth-order valence-corrected chi connectivity index (χ4v) is 1.84. The molecule has 0 aliphatic rings. The maximum absolute atomic E-state index is 11.8. The van der Waals surface area contributed by atoms with E-state index in [1.54, 1.807) is 7.11 Å². The van der Waals surface area contributed by atoms with Gasteiger partial charge in [0.1, 0.15) is 0 Å². The predicted molar refractivity (Wildman–Crippen MR) is 70.7 cm³/mol. The van der Waals surface area contributed by atoms with Crippen molar-refractivity contribution in [3.05, 3.63) is 0 Å². The van der Waals surface area contributed by atoms with E-state index < -0.39 is 6.04 Å². The van der Waals surface area contributed by atoms with Gasteiger partial charge in [0, 0.05) is 13.2 Å². The van der Waals surface area contributed by atoms with Gasteiger partial charge in [-0.25, -0.2) is 0 Å². The molecule has 0 bridgehead atoms. The second-order valence-corrected chi connectivity index (χ2v) is 5.81. The third-order valence-corrected chi connectivity index (χ3v) is 2.80. The number of amides is 1. The van der Waals surface area contributed by atoms with Crippen LogP contribution in [0.5, 0.6) is 0 Å². The van der Waals surface area contributed by atoms with Gasteiger partial charge in [0.15, 0.2) is 0 Å². The number of nitrogens with two attached hydrogens (primary N) is 1. The Morgan fingerprint density at radius 3 is 2.29 bits per heavy atom. The van der Waals surface area contributed by atoms with Gasteiger partial charge in [-0.15, -0.1) is 0 Å². The molecule has 0 heterocycles. The van der Waals surface area contributed by atoms with Crippen molar-refractivity contribution in [2.75, 3.05) is 7.11 Å². The van der Waals surface area contributed by atoms with E-state index in [0.29, 0.717) is 12.3 Å². The normalized spacial score (nSPS) is 15.8. The van der Waals surface area contributed by atoms with Crippen LogP contribution in [0.1, 0.15) is 47.5 Å². The van der Waals surface area contributed by atoms with Crippen molar-refractivity contribution < 1.29 is 9.53 Å². The van der Waals surface area contributed by atoms with Crippen LogP contribution in [0, 0.1) is 5.92 Å². The van der Waals surface area contributed by atoms with E-state index in [4.69, 9.17) is 10.5 Å². The fraction of sp³-hybridized carbons (Fsp3) is 0.923. The zero-order valence-electron chi connectivity index (χ0n) is 12.0. The van der Waals surface area contributed by atoms with Crippen molar-refractivity contribution in [3.63, 3.8) is 0 Å². The number of nitrogens with one attached hydrogen (secondary N) is 1. The minimum atomic E-state index is -0.414. The molecule has 3 N–H and O–H groups in total. The third kappa shape index (κ3) is 7.34. The van der Waals surface area contributed by atoms with Gasteiger partial charge in [-0.1, -0.05) is 13.8 Å². The average Bonchev–Trinajstić information content (AvgIpc) is 2.15. The van der Waals surface area contributed by atoms with E-state index in [1.807, 2.05) is 20.8 Å². The van der Waals surface area contributed by atoms with Crippen LogP contribution in [-0.2, 0) is 9.53 Å². The molecule has 0 aromatic carbocycles. The van der Waals surface area contributed by atoms with E-state index in [0.717, 1.165) is 6.42 Å². The monoisotopic (exact) mass is 244 g/mol. The summed E-state index contributed by atoms with van der Waals surface area (Å²) >= 11 is 0. The Morgan fingerprint density at radius 2 is 1.88 bits per heavy atom. The predicted octanol–water partition coefficient (Wildman–Crippen LogP) is 1.68. The smallest absolute Gasteiger partial charge is 0.237 e. The highest BCUT2D eigenvalue weighted by Crippen LogP contribution is 2.15. The summed E-state index contributed by atoms with van der Waals surface area (Å²) in [7, 11) is 1.68. The second kappa shape index (κ2) is 6.97. The Hall–Kier alpha value is -0.610. The van der Waals surface area contributed by atoms with Crippen molar-refractivity contribution in [2.45, 2.75) is 65.1 Å². The summed E-state index contributed by atoms with van der Waals surface area (Å²) in [5.41, 5.74) is 5.59. The maximum Gasteiger partial charge on any atom is 0.237 e. The number of carbonyl (C=O) groups excluding carboxylic acids is 1. The van der Waals surface area contributed by atoms with Crippen molar-refractivity contribution >= 4 is 5.91 Å². The number of hydrogen-bond donors (Lipinski definition) is 2. The summed E-state index contributed by atoms with van der Waals surface area (Å²) in [6.45, 7) is 10.1. The molecule has 0 spiro atoms. The van der Waals surface area contributed by atoms with Gasteiger partial charge in [0.2, 0.25) is 5.91 Å². The van der Waals surface area contributed by atoms with E-state index >= 15 is 0 Å². The standard InChI is InChI=1S/C13H28N2O2/c1-9(2)7-11(14)12(16)15-10(3)8-13(4,5)17-6/h9-11H,7-8,14H2,1-6H3,(H,15,16)/t10?,11-/m0/s1. The Bertz CT molecular complexity index is 240. The molecule has 4 heteroatoms. The first kappa shape index (κ1) is 16.4. The summed E-state index contributed by atoms with van der Waals surface area (Å²) in [4.78, 5) is 11.8. The zero-order chi connectivity index (χ0) is 13.6. The molecule has 102 valence electrons. The van der Waals surface area contributed by atoms with Gasteiger partial charge >= 0.3 is 0 Å². The SMILES string of the molecule is COC(C)(C)CC(C)NC(=O)[C@@H](N)CC(C)C. The van der Waals surface area contributed by atoms with E-state index in [9.17, 15) is 4.79 Å². The highest BCUT2D eigenvalue weighted by molar-refractivity contribution is 5.81. The minimum absolute atomic E-state index is 0.0654. The van der Waals surface area contributed by atoms with Crippen LogP contribution in [-0.4, -0.2) is 30.7 Å². The Morgan fingerprint density at radius 1 is 1.35 bits per heavy atom. The quantitative estimate of drug-likeness (QED) is 0.716. The minimum Gasteiger partial charge on any atom is -0.379 e. The van der Waals surface area contributed by atoms with Crippen LogP contribution < -0.4 is 11.1 Å². The first-order valence-corrected chi connectivity index (χ1v) is 6.29. The molecular weight excluding hydrogens is 216 g/mol. The number of ether oxygens (including phenoxy) is 1. The van der Waals surface area contributed by atoms with Crippen LogP contribution in [0.15, 0.2) is 0 Å². The first-order chi connectivity index (χ1) is 7.68. The molecule has 2 atom stereocenters. The Kier molecular flexibility index (Phi) is 6.72. The van der Waals surface area contributed by atoms with Crippen molar-refractivity contribution in [3.8, 4) is 0 Å². The second-order valence-electron chi connectivity index (χ2n) is 5.81. The number of carbonyl (C=O) groups is 1. The first-order valence-electron chi connectivity index (χ1n) is 6.29. The topological polar surface area (TPSA) is 64.3 Å². The molecule has 1 unspecified atom stereocenters. The molecule has 0 fully saturated rings. The van der Waals surface area contributed by atoms with Gasteiger partial charge < -0.3 is 15.8 Å². The molecular formula is C13H28N2O2. The summed E-state index contributed by atoms with van der Waals surface area (Å²) in [5, 5.41) is 2.93. The van der Waals surface area contributed by atoms with Crippen LogP contribution >= 0.6 is 0 Å². The van der Waals surface area contributed by atoms with Gasteiger partial charge in [0.25, 0.3) is 0 Å². The van der Waals surface area contributed by atoms with Gasteiger partial charge in [-0.05, 0) is 39.5 Å². The fourth-order valence-electron chi connectivity index (χ4n) is 1.84. The zero-order valence-corrected chi connectivity index (χ0v) is 12.0. The lowest BCUT2D eigenvalue weighted by molar-refractivity contribution is -0.123. The molecule has 1 amide bonds. The lowest BCUT2D eigenvalue weighted by atomic mass is 9.99. The molecule has 4 nitrogen and oxygen atoms in total.